The molecule has 72 valence electrons. The Balaban J connectivity index is 1.85. The van der Waals surface area contributed by atoms with E-state index in [0.717, 1.165) is 12.8 Å². The van der Waals surface area contributed by atoms with E-state index < -0.39 is 0 Å². The van der Waals surface area contributed by atoms with Gasteiger partial charge in [-0.15, -0.1) is 0 Å². The molecule has 13 heavy (non-hydrogen) atoms. The van der Waals surface area contributed by atoms with Gasteiger partial charge < -0.3 is 9.47 Å². The Morgan fingerprint density at radius 3 is 2.85 bits per heavy atom. The van der Waals surface area contributed by atoms with E-state index in [1.807, 2.05) is 0 Å². The van der Waals surface area contributed by atoms with Crippen LogP contribution >= 0.6 is 0 Å². The number of hydrogen-bond acceptors (Lipinski definition) is 3. The van der Waals surface area contributed by atoms with Gasteiger partial charge in [-0.2, -0.15) is 0 Å². The Bertz CT molecular complexity index is 261. The van der Waals surface area contributed by atoms with E-state index in [4.69, 9.17) is 9.47 Å². The minimum Gasteiger partial charge on any atom is -0.465 e. The average molecular weight is 182 g/mol. The lowest BCUT2D eigenvalue weighted by Gasteiger charge is -2.29. The van der Waals surface area contributed by atoms with Gasteiger partial charge >= 0.3 is 5.97 Å². The highest BCUT2D eigenvalue weighted by Crippen LogP contribution is 2.54. The Labute approximate surface area is 77.4 Å². The molecule has 4 atom stereocenters. The van der Waals surface area contributed by atoms with Gasteiger partial charge in [0.05, 0.1) is 18.6 Å². The van der Waals surface area contributed by atoms with Gasteiger partial charge in [0.2, 0.25) is 0 Å². The largest absolute Gasteiger partial charge is 0.465 e. The number of rotatable bonds is 0. The molecule has 0 aliphatic carbocycles. The molecule has 4 unspecified atom stereocenters. The molecule has 0 saturated carbocycles. The van der Waals surface area contributed by atoms with Gasteiger partial charge in [0, 0.05) is 5.41 Å². The second-order valence-corrected chi connectivity index (χ2v) is 4.78. The van der Waals surface area contributed by atoms with Crippen molar-refractivity contribution in [2.75, 3.05) is 6.61 Å². The third-order valence-electron chi connectivity index (χ3n) is 3.87. The Kier molecular flexibility index (Phi) is 1.36. The monoisotopic (exact) mass is 182 g/mol. The van der Waals surface area contributed by atoms with Crippen molar-refractivity contribution < 1.29 is 14.3 Å². The molecular formula is C10H14O3. The normalized spacial score (nSPS) is 53.3. The van der Waals surface area contributed by atoms with E-state index in [-0.39, 0.29) is 11.4 Å². The van der Waals surface area contributed by atoms with Crippen LogP contribution in [0.5, 0.6) is 0 Å². The van der Waals surface area contributed by atoms with Gasteiger partial charge in [-0.05, 0) is 18.8 Å². The first kappa shape index (κ1) is 7.80. The zero-order valence-corrected chi connectivity index (χ0v) is 7.79. The molecule has 3 nitrogen and oxygen atoms in total. The summed E-state index contributed by atoms with van der Waals surface area (Å²) in [6.07, 6.45) is 3.41. The molecule has 0 aromatic rings. The third-order valence-corrected chi connectivity index (χ3v) is 3.87. The summed E-state index contributed by atoms with van der Waals surface area (Å²) < 4.78 is 10.9. The van der Waals surface area contributed by atoms with Crippen LogP contribution < -0.4 is 0 Å². The van der Waals surface area contributed by atoms with Crippen molar-refractivity contribution in [1.82, 2.24) is 0 Å². The maximum absolute atomic E-state index is 11.1. The molecule has 0 aromatic carbocycles. The summed E-state index contributed by atoms with van der Waals surface area (Å²) in [5, 5.41) is 0. The van der Waals surface area contributed by atoms with Crippen molar-refractivity contribution in [3.8, 4) is 0 Å². The van der Waals surface area contributed by atoms with Crippen LogP contribution in [0.3, 0.4) is 0 Å². The first-order valence-corrected chi connectivity index (χ1v) is 5.01. The first-order chi connectivity index (χ1) is 6.20. The van der Waals surface area contributed by atoms with Gasteiger partial charge in [-0.25, -0.2) is 0 Å². The van der Waals surface area contributed by atoms with Crippen LogP contribution in [0.1, 0.15) is 26.2 Å². The van der Waals surface area contributed by atoms with Crippen LogP contribution in [0.4, 0.5) is 0 Å². The van der Waals surface area contributed by atoms with Crippen molar-refractivity contribution in [3.63, 3.8) is 0 Å². The van der Waals surface area contributed by atoms with E-state index in [9.17, 15) is 4.79 Å². The molecular weight excluding hydrogens is 168 g/mol. The highest BCUT2D eigenvalue weighted by atomic mass is 16.6. The fourth-order valence-corrected chi connectivity index (χ4v) is 3.02. The quantitative estimate of drug-likeness (QED) is 0.526. The third kappa shape index (κ3) is 0.909. The van der Waals surface area contributed by atoms with E-state index in [1.54, 1.807) is 0 Å². The number of esters is 1. The molecule has 0 aromatic heterocycles. The van der Waals surface area contributed by atoms with E-state index in [2.05, 4.69) is 6.92 Å². The molecule has 3 aliphatic heterocycles. The Hall–Kier alpha value is -0.570. The van der Waals surface area contributed by atoms with Crippen LogP contribution in [0.2, 0.25) is 0 Å². The molecule has 2 bridgehead atoms. The summed E-state index contributed by atoms with van der Waals surface area (Å²) in [4.78, 5) is 11.1. The van der Waals surface area contributed by atoms with Crippen LogP contribution in [0.25, 0.3) is 0 Å². The van der Waals surface area contributed by atoms with Crippen LogP contribution in [0, 0.1) is 11.3 Å². The highest BCUT2D eigenvalue weighted by molar-refractivity contribution is 5.72. The van der Waals surface area contributed by atoms with E-state index in [0.29, 0.717) is 31.2 Å². The predicted molar refractivity (Wildman–Crippen MR) is 45.1 cm³/mol. The van der Waals surface area contributed by atoms with Gasteiger partial charge in [-0.1, -0.05) is 6.92 Å². The maximum Gasteiger partial charge on any atom is 0.306 e. The molecule has 3 aliphatic rings. The number of carbonyl (C=O) groups excluding carboxylic acids is 1. The molecule has 3 rings (SSSR count). The van der Waals surface area contributed by atoms with Gasteiger partial charge in [-0.3, -0.25) is 4.79 Å². The fraction of sp³-hybridized carbons (Fsp3) is 0.900. The number of fused-ring (bicyclic) bond motifs is 3. The molecule has 1 spiro atoms. The van der Waals surface area contributed by atoms with E-state index >= 15 is 0 Å². The molecule has 3 saturated heterocycles. The van der Waals surface area contributed by atoms with Crippen molar-refractivity contribution >= 4 is 5.97 Å². The number of hydrogen-bond donors (Lipinski definition) is 0. The smallest absolute Gasteiger partial charge is 0.306 e. The summed E-state index contributed by atoms with van der Waals surface area (Å²) in [5.74, 6) is 0.634. The molecule has 0 amide bonds. The van der Waals surface area contributed by atoms with Gasteiger partial charge in [0.1, 0.15) is 6.61 Å². The average Bonchev–Trinajstić information content (AvgIpc) is 2.68. The minimum atomic E-state index is -0.0381. The SMILES string of the molecule is CC1CC2OC1CC21COC(=O)C1. The van der Waals surface area contributed by atoms with Crippen molar-refractivity contribution in [1.29, 1.82) is 0 Å². The topological polar surface area (TPSA) is 35.5 Å². The first-order valence-electron chi connectivity index (χ1n) is 5.01. The van der Waals surface area contributed by atoms with Gasteiger partial charge in [0.25, 0.3) is 0 Å². The summed E-state index contributed by atoms with van der Waals surface area (Å²) >= 11 is 0. The highest BCUT2D eigenvalue weighted by Gasteiger charge is 2.58. The Morgan fingerprint density at radius 2 is 2.38 bits per heavy atom. The zero-order chi connectivity index (χ0) is 9.05. The molecule has 3 fully saturated rings. The Morgan fingerprint density at radius 1 is 1.54 bits per heavy atom. The lowest BCUT2D eigenvalue weighted by Crippen LogP contribution is -2.35. The summed E-state index contributed by atoms with van der Waals surface area (Å²) in [6.45, 7) is 2.83. The summed E-state index contributed by atoms with van der Waals surface area (Å²) in [6, 6.07) is 0. The summed E-state index contributed by atoms with van der Waals surface area (Å²) in [7, 11) is 0. The second-order valence-electron chi connectivity index (χ2n) is 4.78. The van der Waals surface area contributed by atoms with Crippen LogP contribution in [-0.2, 0) is 14.3 Å². The summed E-state index contributed by atoms with van der Waals surface area (Å²) in [5.41, 5.74) is 0.0637. The van der Waals surface area contributed by atoms with Crippen molar-refractivity contribution in [3.05, 3.63) is 0 Å². The number of carbonyl (C=O) groups is 1. The molecule has 3 heteroatoms. The van der Waals surface area contributed by atoms with Crippen LogP contribution in [-0.4, -0.2) is 24.8 Å². The number of cyclic esters (lactones) is 1. The minimum absolute atomic E-state index is 0.0381. The molecule has 3 heterocycles. The lowest BCUT2D eigenvalue weighted by atomic mass is 9.70. The predicted octanol–water partition coefficient (Wildman–Crippen LogP) is 1.12. The standard InChI is InChI=1S/C10H14O3/c1-6-2-8-10(3-7(6)13-8)4-9(11)12-5-10/h6-8H,2-5H2,1H3. The van der Waals surface area contributed by atoms with E-state index in [1.165, 1.54) is 0 Å². The lowest BCUT2D eigenvalue weighted by molar-refractivity contribution is -0.137. The maximum atomic E-state index is 11.1. The van der Waals surface area contributed by atoms with Crippen LogP contribution in [0.15, 0.2) is 0 Å². The fourth-order valence-electron chi connectivity index (χ4n) is 3.02. The zero-order valence-electron chi connectivity index (χ0n) is 7.79. The molecule has 0 radical (unpaired) electrons. The molecule has 0 N–H and O–H groups in total. The second kappa shape index (κ2) is 2.27. The number of ether oxygens (including phenoxy) is 2. The van der Waals surface area contributed by atoms with Gasteiger partial charge in [0.15, 0.2) is 0 Å². The van der Waals surface area contributed by atoms with Crippen molar-refractivity contribution in [2.24, 2.45) is 11.3 Å². The van der Waals surface area contributed by atoms with Crippen molar-refractivity contribution in [2.45, 2.75) is 38.4 Å².